The van der Waals surface area contributed by atoms with Crippen LogP contribution < -0.4 is 5.32 Å². The third-order valence-corrected chi connectivity index (χ3v) is 6.27. The maximum atomic E-state index is 13.6. The number of amides is 1. The van der Waals surface area contributed by atoms with Gasteiger partial charge in [0.2, 0.25) is 5.91 Å². The molecule has 2 aromatic carbocycles. The number of morpholine rings is 1. The maximum absolute atomic E-state index is 13.6. The Morgan fingerprint density at radius 2 is 1.88 bits per heavy atom. The molecule has 2 heterocycles. The van der Waals surface area contributed by atoms with E-state index in [1.807, 2.05) is 12.1 Å². The van der Waals surface area contributed by atoms with Gasteiger partial charge in [-0.25, -0.2) is 4.39 Å². The third kappa shape index (κ3) is 5.37. The van der Waals surface area contributed by atoms with Gasteiger partial charge < -0.3 is 14.6 Å². The van der Waals surface area contributed by atoms with Crippen LogP contribution in [0.1, 0.15) is 36.8 Å². The number of benzene rings is 2. The van der Waals surface area contributed by atoms with Gasteiger partial charge in [-0.2, -0.15) is 0 Å². The third-order valence-electron chi connectivity index (χ3n) is 6.27. The molecule has 5 nitrogen and oxygen atoms in total. The highest BCUT2D eigenvalue weighted by Gasteiger charge is 2.22. The Balaban J connectivity index is 1.48. The van der Waals surface area contributed by atoms with E-state index in [1.165, 1.54) is 12.1 Å². The summed E-state index contributed by atoms with van der Waals surface area (Å²) in [6.45, 7) is 8.09. The van der Waals surface area contributed by atoms with Crippen molar-refractivity contribution in [1.82, 2.24) is 14.8 Å². The van der Waals surface area contributed by atoms with Gasteiger partial charge in [0.25, 0.3) is 0 Å². The lowest BCUT2D eigenvalue weighted by molar-refractivity contribution is -0.121. The van der Waals surface area contributed by atoms with E-state index in [1.54, 1.807) is 12.1 Å². The van der Waals surface area contributed by atoms with Gasteiger partial charge in [0.1, 0.15) is 5.82 Å². The first kappa shape index (κ1) is 22.5. The minimum Gasteiger partial charge on any atom is -0.379 e. The molecule has 0 bridgehead atoms. The molecule has 1 atom stereocenters. The highest BCUT2D eigenvalue weighted by molar-refractivity contribution is 5.86. The van der Waals surface area contributed by atoms with Crippen molar-refractivity contribution < 1.29 is 13.9 Å². The first-order chi connectivity index (χ1) is 15.7. The largest absolute Gasteiger partial charge is 0.379 e. The van der Waals surface area contributed by atoms with Crippen LogP contribution in [0.2, 0.25) is 0 Å². The number of carbonyl (C=O) groups is 1. The molecule has 32 heavy (non-hydrogen) atoms. The van der Waals surface area contributed by atoms with Gasteiger partial charge in [-0.1, -0.05) is 30.3 Å². The lowest BCUT2D eigenvalue weighted by Gasteiger charge is -2.26. The quantitative estimate of drug-likeness (QED) is 0.512. The van der Waals surface area contributed by atoms with Crippen molar-refractivity contribution in [3.05, 3.63) is 71.7 Å². The monoisotopic (exact) mass is 437 g/mol. The van der Waals surface area contributed by atoms with Crippen LogP contribution in [0.4, 0.5) is 4.39 Å². The van der Waals surface area contributed by atoms with E-state index in [0.29, 0.717) is 13.0 Å². The molecule has 1 aliphatic rings. The van der Waals surface area contributed by atoms with Crippen molar-refractivity contribution in [3.8, 4) is 0 Å². The second-order valence-electron chi connectivity index (χ2n) is 8.35. The molecule has 1 amide bonds. The van der Waals surface area contributed by atoms with Crippen LogP contribution in [0.5, 0.6) is 0 Å². The Morgan fingerprint density at radius 1 is 1.12 bits per heavy atom. The summed E-state index contributed by atoms with van der Waals surface area (Å²) in [4.78, 5) is 15.3. The number of hydrogen-bond acceptors (Lipinski definition) is 3. The van der Waals surface area contributed by atoms with Gasteiger partial charge >= 0.3 is 0 Å². The van der Waals surface area contributed by atoms with Crippen molar-refractivity contribution in [2.24, 2.45) is 0 Å². The molecular weight excluding hydrogens is 405 g/mol. The van der Waals surface area contributed by atoms with Gasteiger partial charge in [0.15, 0.2) is 0 Å². The van der Waals surface area contributed by atoms with E-state index in [4.69, 9.17) is 4.74 Å². The molecule has 1 aromatic heterocycles. The normalized spacial score (nSPS) is 15.7. The standard InChI is InChI=1S/C26H32FN3O2/c1-2-30-19-24(22-6-3-4-7-25(22)30)23(20-8-10-21(27)11-9-20)18-26(31)28-12-5-13-29-14-16-32-17-15-29/h3-4,6-11,19,23H,2,5,12-18H2,1H3,(H,28,31)/t23-/m1/s1. The summed E-state index contributed by atoms with van der Waals surface area (Å²) in [5.74, 6) is -0.377. The SMILES string of the molecule is CCn1cc([C@H](CC(=O)NCCCN2CCOCC2)c2ccc(F)cc2)c2ccccc21. The van der Waals surface area contributed by atoms with Gasteiger partial charge in [-0.05, 0) is 49.2 Å². The van der Waals surface area contributed by atoms with E-state index in [9.17, 15) is 9.18 Å². The predicted octanol–water partition coefficient (Wildman–Crippen LogP) is 4.16. The summed E-state index contributed by atoms with van der Waals surface area (Å²) in [5, 5.41) is 4.24. The minimum atomic E-state index is -0.268. The van der Waals surface area contributed by atoms with E-state index < -0.39 is 0 Å². The van der Waals surface area contributed by atoms with Crippen LogP contribution in [-0.4, -0.2) is 54.8 Å². The number of aromatic nitrogens is 1. The molecule has 1 N–H and O–H groups in total. The number of aryl methyl sites for hydroxylation is 1. The topological polar surface area (TPSA) is 46.5 Å². The number of hydrogen-bond donors (Lipinski definition) is 1. The Hall–Kier alpha value is -2.70. The molecule has 0 aliphatic carbocycles. The van der Waals surface area contributed by atoms with Gasteiger partial charge in [0.05, 0.1) is 13.2 Å². The molecule has 4 rings (SSSR count). The number of para-hydroxylation sites is 1. The number of halogens is 1. The van der Waals surface area contributed by atoms with E-state index in [0.717, 1.165) is 67.8 Å². The second-order valence-corrected chi connectivity index (χ2v) is 8.35. The number of fused-ring (bicyclic) bond motifs is 1. The molecule has 0 unspecified atom stereocenters. The molecule has 0 saturated carbocycles. The van der Waals surface area contributed by atoms with Crippen molar-refractivity contribution in [1.29, 1.82) is 0 Å². The molecule has 1 saturated heterocycles. The maximum Gasteiger partial charge on any atom is 0.220 e. The van der Waals surface area contributed by atoms with Crippen LogP contribution in [0.3, 0.4) is 0 Å². The van der Waals surface area contributed by atoms with Crippen molar-refractivity contribution >= 4 is 16.8 Å². The van der Waals surface area contributed by atoms with Crippen molar-refractivity contribution in [2.75, 3.05) is 39.4 Å². The second kappa shape index (κ2) is 10.7. The summed E-state index contributed by atoms with van der Waals surface area (Å²) < 4.78 is 21.2. The molecule has 1 fully saturated rings. The molecule has 3 aromatic rings. The van der Waals surface area contributed by atoms with E-state index >= 15 is 0 Å². The Morgan fingerprint density at radius 3 is 2.62 bits per heavy atom. The minimum absolute atomic E-state index is 0.0228. The first-order valence-electron chi connectivity index (χ1n) is 11.6. The number of nitrogens with one attached hydrogen (secondary N) is 1. The number of carbonyl (C=O) groups excluding carboxylic acids is 1. The number of ether oxygens (including phenoxy) is 1. The van der Waals surface area contributed by atoms with Crippen LogP contribution >= 0.6 is 0 Å². The lowest BCUT2D eigenvalue weighted by Crippen LogP contribution is -2.38. The van der Waals surface area contributed by atoms with Gasteiger partial charge in [0, 0.05) is 55.6 Å². The Kier molecular flexibility index (Phi) is 7.55. The average molecular weight is 438 g/mol. The fraction of sp³-hybridized carbons (Fsp3) is 0.423. The zero-order chi connectivity index (χ0) is 22.3. The molecule has 1 aliphatic heterocycles. The first-order valence-corrected chi connectivity index (χ1v) is 11.6. The fourth-order valence-corrected chi connectivity index (χ4v) is 4.53. The van der Waals surface area contributed by atoms with E-state index in [-0.39, 0.29) is 17.6 Å². The molecule has 170 valence electrons. The highest BCUT2D eigenvalue weighted by Crippen LogP contribution is 2.34. The summed E-state index contributed by atoms with van der Waals surface area (Å²) in [6.07, 6.45) is 3.40. The van der Waals surface area contributed by atoms with Crippen molar-refractivity contribution in [2.45, 2.75) is 32.2 Å². The average Bonchev–Trinajstić information content (AvgIpc) is 3.20. The zero-order valence-electron chi connectivity index (χ0n) is 18.7. The summed E-state index contributed by atoms with van der Waals surface area (Å²) in [5.41, 5.74) is 3.22. The molecule has 6 heteroatoms. The summed E-state index contributed by atoms with van der Waals surface area (Å²) >= 11 is 0. The number of nitrogens with zero attached hydrogens (tertiary/aromatic N) is 2. The lowest BCUT2D eigenvalue weighted by atomic mass is 9.88. The zero-order valence-corrected chi connectivity index (χ0v) is 18.7. The highest BCUT2D eigenvalue weighted by atomic mass is 19.1. The van der Waals surface area contributed by atoms with E-state index in [2.05, 4.69) is 40.0 Å². The molecular formula is C26H32FN3O2. The van der Waals surface area contributed by atoms with Crippen molar-refractivity contribution in [3.63, 3.8) is 0 Å². The predicted molar refractivity (Wildman–Crippen MR) is 125 cm³/mol. The van der Waals surface area contributed by atoms with Gasteiger partial charge in [-0.15, -0.1) is 0 Å². The molecule has 0 radical (unpaired) electrons. The van der Waals surface area contributed by atoms with Crippen LogP contribution in [0.15, 0.2) is 54.7 Å². The Labute approximate surface area is 189 Å². The summed E-state index contributed by atoms with van der Waals surface area (Å²) in [7, 11) is 0. The van der Waals surface area contributed by atoms with Crippen LogP contribution in [-0.2, 0) is 16.1 Å². The Bertz CT molecular complexity index is 1030. The number of rotatable bonds is 9. The smallest absolute Gasteiger partial charge is 0.220 e. The van der Waals surface area contributed by atoms with Crippen LogP contribution in [0, 0.1) is 5.82 Å². The fourth-order valence-electron chi connectivity index (χ4n) is 4.53. The van der Waals surface area contributed by atoms with Gasteiger partial charge in [-0.3, -0.25) is 9.69 Å². The van der Waals surface area contributed by atoms with Crippen LogP contribution in [0.25, 0.3) is 10.9 Å². The summed E-state index contributed by atoms with van der Waals surface area (Å²) in [6, 6.07) is 14.8. The molecule has 0 spiro atoms.